The van der Waals surface area contributed by atoms with Crippen molar-refractivity contribution in [1.82, 2.24) is 0 Å². The number of methoxy groups -OCH3 is 2. The first kappa shape index (κ1) is 22.9. The number of hydrogen-bond donors (Lipinski definition) is 2. The number of aryl methyl sites for hydroxylation is 2. The summed E-state index contributed by atoms with van der Waals surface area (Å²) in [7, 11) is -5.03. The van der Waals surface area contributed by atoms with E-state index in [1.165, 1.54) is 43.8 Å². The van der Waals surface area contributed by atoms with Gasteiger partial charge in [-0.3, -0.25) is 9.44 Å². The normalized spacial score (nSPS) is 11.7. The zero-order chi connectivity index (χ0) is 22.8. The van der Waals surface area contributed by atoms with Crippen molar-refractivity contribution in [3.63, 3.8) is 0 Å². The summed E-state index contributed by atoms with van der Waals surface area (Å²) in [4.78, 5) is 1.50. The van der Waals surface area contributed by atoms with Crippen LogP contribution in [0.4, 0.5) is 11.4 Å². The maximum Gasteiger partial charge on any atom is 0.263 e. The molecule has 0 radical (unpaired) electrons. The van der Waals surface area contributed by atoms with Gasteiger partial charge in [0, 0.05) is 15.4 Å². The smallest absolute Gasteiger partial charge is 0.263 e. The SMILES string of the molecule is COc1ccc(NS(=O)(=O)c2ccc(OC)c(NS(=O)(=O)c3cc(C)sc3C)c2)cc1. The number of thiophene rings is 1. The molecule has 2 aromatic carbocycles. The van der Waals surface area contributed by atoms with Gasteiger partial charge in [0.25, 0.3) is 20.0 Å². The summed E-state index contributed by atoms with van der Waals surface area (Å²) in [5.41, 5.74) is 0.353. The number of nitrogens with one attached hydrogen (secondary N) is 2. The van der Waals surface area contributed by atoms with Gasteiger partial charge in [-0.05, 0) is 62.4 Å². The van der Waals surface area contributed by atoms with Crippen molar-refractivity contribution < 1.29 is 26.3 Å². The quantitative estimate of drug-likeness (QED) is 0.502. The molecule has 0 bridgehead atoms. The average Bonchev–Trinajstić information content (AvgIpc) is 3.07. The number of hydrogen-bond acceptors (Lipinski definition) is 7. The van der Waals surface area contributed by atoms with Gasteiger partial charge in [-0.2, -0.15) is 0 Å². The van der Waals surface area contributed by atoms with Gasteiger partial charge in [-0.1, -0.05) is 0 Å². The van der Waals surface area contributed by atoms with Crippen LogP contribution in [0.15, 0.2) is 58.3 Å². The van der Waals surface area contributed by atoms with Gasteiger partial charge in [0.2, 0.25) is 0 Å². The first-order chi connectivity index (χ1) is 14.6. The highest BCUT2D eigenvalue weighted by atomic mass is 32.2. The Balaban J connectivity index is 1.95. The molecule has 0 aliphatic heterocycles. The molecule has 166 valence electrons. The van der Waals surface area contributed by atoms with E-state index in [0.717, 1.165) is 4.88 Å². The monoisotopic (exact) mass is 482 g/mol. The fourth-order valence-corrected chi connectivity index (χ4v) is 6.58. The van der Waals surface area contributed by atoms with Crippen LogP contribution in [0.5, 0.6) is 11.5 Å². The van der Waals surface area contributed by atoms with Crippen LogP contribution in [-0.2, 0) is 20.0 Å². The number of sulfonamides is 2. The Hall–Kier alpha value is -2.76. The Labute approximate surface area is 185 Å². The summed E-state index contributed by atoms with van der Waals surface area (Å²) in [6, 6.07) is 11.9. The molecule has 0 amide bonds. The van der Waals surface area contributed by atoms with Crippen LogP contribution >= 0.6 is 11.3 Å². The number of rotatable bonds is 8. The van der Waals surface area contributed by atoms with Crippen LogP contribution in [0.1, 0.15) is 9.75 Å². The largest absolute Gasteiger partial charge is 0.497 e. The highest BCUT2D eigenvalue weighted by Crippen LogP contribution is 2.32. The van der Waals surface area contributed by atoms with E-state index in [0.29, 0.717) is 16.3 Å². The summed E-state index contributed by atoms with van der Waals surface area (Å²) < 4.78 is 66.6. The van der Waals surface area contributed by atoms with Gasteiger partial charge < -0.3 is 9.47 Å². The van der Waals surface area contributed by atoms with E-state index >= 15 is 0 Å². The first-order valence-electron chi connectivity index (χ1n) is 9.00. The number of anilines is 2. The third-order valence-electron chi connectivity index (χ3n) is 4.35. The third kappa shape index (κ3) is 5.12. The van der Waals surface area contributed by atoms with Crippen LogP contribution in [0.2, 0.25) is 0 Å². The Kier molecular flexibility index (Phi) is 6.48. The van der Waals surface area contributed by atoms with Crippen LogP contribution in [0.25, 0.3) is 0 Å². The minimum atomic E-state index is -3.98. The van der Waals surface area contributed by atoms with Gasteiger partial charge in [-0.25, -0.2) is 16.8 Å². The van der Waals surface area contributed by atoms with E-state index in [2.05, 4.69) is 9.44 Å². The highest BCUT2D eigenvalue weighted by molar-refractivity contribution is 7.93. The minimum absolute atomic E-state index is 0.0170. The van der Waals surface area contributed by atoms with Crippen molar-refractivity contribution in [3.05, 3.63) is 58.3 Å². The Morgan fingerprint density at radius 3 is 2.03 bits per heavy atom. The zero-order valence-corrected chi connectivity index (χ0v) is 19.7. The van der Waals surface area contributed by atoms with Crippen LogP contribution in [0.3, 0.4) is 0 Å². The molecular formula is C20H22N2O6S3. The van der Waals surface area contributed by atoms with Crippen LogP contribution in [-0.4, -0.2) is 31.1 Å². The number of benzene rings is 2. The Bertz CT molecular complexity index is 1300. The second-order valence-corrected chi connectivity index (χ2v) is 11.4. The molecule has 0 fully saturated rings. The van der Waals surface area contributed by atoms with E-state index in [1.54, 1.807) is 37.3 Å². The molecule has 0 aliphatic rings. The molecule has 0 spiro atoms. The van der Waals surface area contributed by atoms with Gasteiger partial charge in [0.15, 0.2) is 0 Å². The third-order valence-corrected chi connectivity index (χ3v) is 8.32. The predicted molar refractivity (Wildman–Crippen MR) is 121 cm³/mol. The summed E-state index contributed by atoms with van der Waals surface area (Å²) in [5, 5.41) is 0. The lowest BCUT2D eigenvalue weighted by Gasteiger charge is -2.14. The standard InChI is InChI=1S/C20H22N2O6S3/c1-13-11-20(14(2)29-13)31(25,26)22-18-12-17(9-10-19(18)28-4)30(23,24)21-15-5-7-16(27-3)8-6-15/h5-12,21-22H,1-4H3. The second-order valence-electron chi connectivity index (χ2n) is 6.58. The summed E-state index contributed by atoms with van der Waals surface area (Å²) >= 11 is 1.36. The van der Waals surface area contributed by atoms with Crippen molar-refractivity contribution in [2.24, 2.45) is 0 Å². The zero-order valence-electron chi connectivity index (χ0n) is 17.3. The van der Waals surface area contributed by atoms with Crippen molar-refractivity contribution in [1.29, 1.82) is 0 Å². The molecule has 3 rings (SSSR count). The molecule has 31 heavy (non-hydrogen) atoms. The topological polar surface area (TPSA) is 111 Å². The van der Waals surface area contributed by atoms with Gasteiger partial charge >= 0.3 is 0 Å². The van der Waals surface area contributed by atoms with Crippen molar-refractivity contribution in [2.45, 2.75) is 23.6 Å². The van der Waals surface area contributed by atoms with E-state index < -0.39 is 20.0 Å². The predicted octanol–water partition coefficient (Wildman–Crippen LogP) is 3.98. The lowest BCUT2D eigenvalue weighted by molar-refractivity contribution is 0.415. The maximum atomic E-state index is 12.9. The van der Waals surface area contributed by atoms with Crippen molar-refractivity contribution in [2.75, 3.05) is 23.7 Å². The summed E-state index contributed by atoms with van der Waals surface area (Å²) in [6.45, 7) is 3.53. The lowest BCUT2D eigenvalue weighted by atomic mass is 10.3. The minimum Gasteiger partial charge on any atom is -0.497 e. The average molecular weight is 483 g/mol. The molecule has 0 aliphatic carbocycles. The molecule has 1 aromatic heterocycles. The van der Waals surface area contributed by atoms with E-state index in [4.69, 9.17) is 9.47 Å². The highest BCUT2D eigenvalue weighted by Gasteiger charge is 2.23. The molecule has 0 saturated heterocycles. The molecule has 2 N–H and O–H groups in total. The van der Waals surface area contributed by atoms with E-state index in [9.17, 15) is 16.8 Å². The summed E-state index contributed by atoms with van der Waals surface area (Å²) in [6.07, 6.45) is 0. The maximum absolute atomic E-state index is 12.9. The van der Waals surface area contributed by atoms with Crippen LogP contribution in [0, 0.1) is 13.8 Å². The van der Waals surface area contributed by atoms with Crippen LogP contribution < -0.4 is 18.9 Å². The molecule has 3 aromatic rings. The van der Waals surface area contributed by atoms with E-state index in [-0.39, 0.29) is 21.2 Å². The number of ether oxygens (including phenoxy) is 2. The molecule has 0 unspecified atom stereocenters. The van der Waals surface area contributed by atoms with Crippen molar-refractivity contribution in [3.8, 4) is 11.5 Å². The molecule has 0 saturated carbocycles. The summed E-state index contributed by atoms with van der Waals surface area (Å²) in [5.74, 6) is 0.777. The van der Waals surface area contributed by atoms with Crippen molar-refractivity contribution >= 4 is 42.8 Å². The second kappa shape index (κ2) is 8.77. The van der Waals surface area contributed by atoms with Gasteiger partial charge in [0.05, 0.1) is 24.8 Å². The molecule has 1 heterocycles. The Morgan fingerprint density at radius 1 is 0.806 bits per heavy atom. The molecule has 11 heteroatoms. The Morgan fingerprint density at radius 2 is 1.48 bits per heavy atom. The van der Waals surface area contributed by atoms with Gasteiger partial charge in [-0.15, -0.1) is 11.3 Å². The fourth-order valence-electron chi connectivity index (χ4n) is 2.88. The fraction of sp³-hybridized carbons (Fsp3) is 0.200. The molecular weight excluding hydrogens is 460 g/mol. The first-order valence-corrected chi connectivity index (χ1v) is 12.8. The van der Waals surface area contributed by atoms with Gasteiger partial charge in [0.1, 0.15) is 16.4 Å². The molecule has 8 nitrogen and oxygen atoms in total. The molecule has 0 atom stereocenters. The van der Waals surface area contributed by atoms with E-state index in [1.807, 2.05) is 6.92 Å². The lowest BCUT2D eigenvalue weighted by Crippen LogP contribution is -2.16.